The first-order valence-corrected chi connectivity index (χ1v) is 5.14. The fourth-order valence-electron chi connectivity index (χ4n) is 1.21. The van der Waals surface area contributed by atoms with Crippen LogP contribution in [0, 0.1) is 0 Å². The van der Waals surface area contributed by atoms with Crippen molar-refractivity contribution in [2.45, 2.75) is 13.0 Å². The van der Waals surface area contributed by atoms with Crippen molar-refractivity contribution in [2.24, 2.45) is 0 Å². The molecule has 15 heavy (non-hydrogen) atoms. The zero-order valence-electron chi connectivity index (χ0n) is 9.36. The van der Waals surface area contributed by atoms with Gasteiger partial charge >= 0.3 is 0 Å². The summed E-state index contributed by atoms with van der Waals surface area (Å²) < 4.78 is 0. The van der Waals surface area contributed by atoms with Gasteiger partial charge in [-0.3, -0.25) is 4.79 Å². The molecule has 0 aliphatic rings. The van der Waals surface area contributed by atoms with Crippen molar-refractivity contribution in [2.75, 3.05) is 20.6 Å². The van der Waals surface area contributed by atoms with Crippen LogP contribution in [-0.4, -0.2) is 31.4 Å². The number of carbonyl (C=O) groups excluding carboxylic acids is 1. The first-order chi connectivity index (χ1) is 7.18. The van der Waals surface area contributed by atoms with E-state index in [1.54, 1.807) is 0 Å². The summed E-state index contributed by atoms with van der Waals surface area (Å²) in [6.07, 6.45) is 0.555. The standard InChI is InChI=1S/C12H18N2O/c1-14(2)9-8-12(15)13-10-11-6-4-3-5-7-11/h3-7H,8-10H2,1-2H3,(H,13,15). The zero-order chi connectivity index (χ0) is 11.1. The van der Waals surface area contributed by atoms with Crippen LogP contribution < -0.4 is 5.32 Å². The molecule has 1 aromatic rings. The van der Waals surface area contributed by atoms with E-state index in [-0.39, 0.29) is 5.91 Å². The lowest BCUT2D eigenvalue weighted by Gasteiger charge is -2.09. The van der Waals surface area contributed by atoms with Crippen molar-refractivity contribution >= 4 is 5.91 Å². The highest BCUT2D eigenvalue weighted by Crippen LogP contribution is 1.97. The molecule has 82 valence electrons. The van der Waals surface area contributed by atoms with E-state index in [4.69, 9.17) is 0 Å². The Hall–Kier alpha value is -1.35. The first-order valence-electron chi connectivity index (χ1n) is 5.14. The molecule has 0 fully saturated rings. The van der Waals surface area contributed by atoms with Crippen molar-refractivity contribution < 1.29 is 4.79 Å². The van der Waals surface area contributed by atoms with Gasteiger partial charge in [0, 0.05) is 19.5 Å². The number of hydrogen-bond donors (Lipinski definition) is 1. The molecule has 0 spiro atoms. The van der Waals surface area contributed by atoms with Crippen LogP contribution in [0.4, 0.5) is 0 Å². The van der Waals surface area contributed by atoms with Crippen LogP contribution in [0.3, 0.4) is 0 Å². The molecule has 0 saturated heterocycles. The van der Waals surface area contributed by atoms with E-state index in [1.807, 2.05) is 49.3 Å². The Kier molecular flexibility index (Phi) is 4.84. The lowest BCUT2D eigenvalue weighted by molar-refractivity contribution is -0.121. The van der Waals surface area contributed by atoms with Crippen LogP contribution in [0.25, 0.3) is 0 Å². The molecule has 0 bridgehead atoms. The molecule has 0 saturated carbocycles. The second-order valence-corrected chi connectivity index (χ2v) is 3.82. The van der Waals surface area contributed by atoms with E-state index in [1.165, 1.54) is 0 Å². The van der Waals surface area contributed by atoms with Crippen molar-refractivity contribution in [3.8, 4) is 0 Å². The van der Waals surface area contributed by atoms with E-state index in [0.29, 0.717) is 13.0 Å². The van der Waals surface area contributed by atoms with Gasteiger partial charge in [-0.1, -0.05) is 30.3 Å². The van der Waals surface area contributed by atoms with Crippen LogP contribution in [-0.2, 0) is 11.3 Å². The molecule has 0 unspecified atom stereocenters. The average molecular weight is 206 g/mol. The number of hydrogen-bond acceptors (Lipinski definition) is 2. The molecule has 1 rings (SSSR count). The molecule has 0 radical (unpaired) electrons. The van der Waals surface area contributed by atoms with Crippen LogP contribution >= 0.6 is 0 Å². The highest BCUT2D eigenvalue weighted by molar-refractivity contribution is 5.76. The summed E-state index contributed by atoms with van der Waals surface area (Å²) in [7, 11) is 3.93. The van der Waals surface area contributed by atoms with Gasteiger partial charge in [-0.2, -0.15) is 0 Å². The maximum absolute atomic E-state index is 11.4. The largest absolute Gasteiger partial charge is 0.352 e. The maximum Gasteiger partial charge on any atom is 0.221 e. The topological polar surface area (TPSA) is 32.3 Å². The Bertz CT molecular complexity index is 296. The van der Waals surface area contributed by atoms with Crippen molar-refractivity contribution in [1.82, 2.24) is 10.2 Å². The highest BCUT2D eigenvalue weighted by atomic mass is 16.1. The number of benzene rings is 1. The third kappa shape index (κ3) is 5.18. The number of amides is 1. The van der Waals surface area contributed by atoms with E-state index in [0.717, 1.165) is 12.1 Å². The predicted octanol–water partition coefficient (Wildman–Crippen LogP) is 1.25. The molecule has 1 aromatic carbocycles. The Morgan fingerprint density at radius 1 is 1.27 bits per heavy atom. The number of nitrogens with one attached hydrogen (secondary N) is 1. The summed E-state index contributed by atoms with van der Waals surface area (Å²) in [6.45, 7) is 1.41. The molecule has 3 nitrogen and oxygen atoms in total. The fraction of sp³-hybridized carbons (Fsp3) is 0.417. The van der Waals surface area contributed by atoms with Gasteiger partial charge < -0.3 is 10.2 Å². The molecule has 0 aromatic heterocycles. The number of nitrogens with zero attached hydrogens (tertiary/aromatic N) is 1. The maximum atomic E-state index is 11.4. The minimum Gasteiger partial charge on any atom is -0.352 e. The third-order valence-corrected chi connectivity index (χ3v) is 2.12. The molecule has 1 amide bonds. The molecule has 1 N–H and O–H groups in total. The summed E-state index contributed by atoms with van der Waals surface area (Å²) in [6, 6.07) is 9.93. The van der Waals surface area contributed by atoms with Gasteiger partial charge in [-0.15, -0.1) is 0 Å². The Labute approximate surface area is 91.1 Å². The molecular weight excluding hydrogens is 188 g/mol. The van der Waals surface area contributed by atoms with E-state index in [2.05, 4.69) is 5.32 Å². The average Bonchev–Trinajstić information content (AvgIpc) is 2.25. The summed E-state index contributed by atoms with van der Waals surface area (Å²) >= 11 is 0. The molecule has 3 heteroatoms. The lowest BCUT2D eigenvalue weighted by atomic mass is 10.2. The van der Waals surface area contributed by atoms with Crippen LogP contribution in [0.5, 0.6) is 0 Å². The summed E-state index contributed by atoms with van der Waals surface area (Å²) in [5.74, 6) is 0.104. The van der Waals surface area contributed by atoms with Crippen molar-refractivity contribution in [1.29, 1.82) is 0 Å². The molecule has 0 atom stereocenters. The van der Waals surface area contributed by atoms with E-state index >= 15 is 0 Å². The van der Waals surface area contributed by atoms with Gasteiger partial charge in [-0.05, 0) is 19.7 Å². The first kappa shape index (κ1) is 11.7. The molecule has 0 aliphatic heterocycles. The minimum atomic E-state index is 0.104. The van der Waals surface area contributed by atoms with Gasteiger partial charge in [-0.25, -0.2) is 0 Å². The van der Waals surface area contributed by atoms with Gasteiger partial charge in [0.25, 0.3) is 0 Å². The molecular formula is C12H18N2O. The van der Waals surface area contributed by atoms with Gasteiger partial charge in [0.2, 0.25) is 5.91 Å². The lowest BCUT2D eigenvalue weighted by Crippen LogP contribution is -2.26. The minimum absolute atomic E-state index is 0.104. The Morgan fingerprint density at radius 2 is 1.93 bits per heavy atom. The predicted molar refractivity (Wildman–Crippen MR) is 61.5 cm³/mol. The normalized spacial score (nSPS) is 10.3. The number of rotatable bonds is 5. The van der Waals surface area contributed by atoms with Crippen molar-refractivity contribution in [3.05, 3.63) is 35.9 Å². The summed E-state index contributed by atoms with van der Waals surface area (Å²) in [5.41, 5.74) is 1.13. The zero-order valence-corrected chi connectivity index (χ0v) is 9.36. The molecule has 0 aliphatic carbocycles. The Balaban J connectivity index is 2.23. The van der Waals surface area contributed by atoms with E-state index < -0.39 is 0 Å². The monoisotopic (exact) mass is 206 g/mol. The summed E-state index contributed by atoms with van der Waals surface area (Å²) in [5, 5.41) is 2.89. The third-order valence-electron chi connectivity index (χ3n) is 2.12. The van der Waals surface area contributed by atoms with Gasteiger partial charge in [0.1, 0.15) is 0 Å². The Morgan fingerprint density at radius 3 is 2.53 bits per heavy atom. The quantitative estimate of drug-likeness (QED) is 0.786. The van der Waals surface area contributed by atoms with Gasteiger partial charge in [0.15, 0.2) is 0 Å². The van der Waals surface area contributed by atoms with Crippen LogP contribution in [0.2, 0.25) is 0 Å². The van der Waals surface area contributed by atoms with Gasteiger partial charge in [0.05, 0.1) is 0 Å². The highest BCUT2D eigenvalue weighted by Gasteiger charge is 2.01. The van der Waals surface area contributed by atoms with Crippen LogP contribution in [0.15, 0.2) is 30.3 Å². The fourth-order valence-corrected chi connectivity index (χ4v) is 1.21. The second kappa shape index (κ2) is 6.19. The number of carbonyl (C=O) groups is 1. The second-order valence-electron chi connectivity index (χ2n) is 3.82. The smallest absolute Gasteiger partial charge is 0.221 e. The van der Waals surface area contributed by atoms with Crippen molar-refractivity contribution in [3.63, 3.8) is 0 Å². The van der Waals surface area contributed by atoms with Crippen LogP contribution in [0.1, 0.15) is 12.0 Å². The molecule has 0 heterocycles. The SMILES string of the molecule is CN(C)CCC(=O)NCc1ccccc1. The van der Waals surface area contributed by atoms with E-state index in [9.17, 15) is 4.79 Å². The summed E-state index contributed by atoms with van der Waals surface area (Å²) in [4.78, 5) is 13.4.